The third-order valence-corrected chi connectivity index (χ3v) is 6.29. The average Bonchev–Trinajstić information content (AvgIpc) is 3.23. The lowest BCUT2D eigenvalue weighted by Crippen LogP contribution is -2.28. The lowest BCUT2D eigenvalue weighted by molar-refractivity contribution is -0.137. The molecule has 2 aromatic carbocycles. The number of alkyl halides is 3. The molecule has 1 amide bonds. The molecule has 0 radical (unpaired) electrons. The van der Waals surface area contributed by atoms with Crippen molar-refractivity contribution in [3.05, 3.63) is 65.2 Å². The van der Waals surface area contributed by atoms with E-state index in [9.17, 15) is 26.4 Å². The molecule has 6 nitrogen and oxygen atoms in total. The van der Waals surface area contributed by atoms with Crippen LogP contribution in [-0.2, 0) is 16.2 Å². The maximum absolute atomic E-state index is 12.7. The van der Waals surface area contributed by atoms with Crippen LogP contribution in [0.15, 0.2) is 58.5 Å². The molecule has 0 aliphatic carbocycles. The van der Waals surface area contributed by atoms with Crippen LogP contribution in [0.25, 0.3) is 0 Å². The van der Waals surface area contributed by atoms with Crippen LogP contribution in [-0.4, -0.2) is 37.9 Å². The van der Waals surface area contributed by atoms with Crippen LogP contribution in [0.5, 0.6) is 0 Å². The summed E-state index contributed by atoms with van der Waals surface area (Å²) in [6, 6.07) is 10.0. The van der Waals surface area contributed by atoms with Gasteiger partial charge in [-0.2, -0.15) is 22.6 Å². The summed E-state index contributed by atoms with van der Waals surface area (Å²) in [5.41, 5.74) is 1.60. The van der Waals surface area contributed by atoms with Gasteiger partial charge in [0.2, 0.25) is 10.0 Å². The molecule has 1 aliphatic heterocycles. The summed E-state index contributed by atoms with van der Waals surface area (Å²) in [5, 5.41) is 3.66. The van der Waals surface area contributed by atoms with Gasteiger partial charge in [-0.3, -0.25) is 4.79 Å². The van der Waals surface area contributed by atoms with Gasteiger partial charge in [0.15, 0.2) is 0 Å². The molecule has 1 saturated heterocycles. The average molecular weight is 425 g/mol. The van der Waals surface area contributed by atoms with Gasteiger partial charge in [0.05, 0.1) is 16.7 Å². The molecule has 3 rings (SSSR count). The fraction of sp³-hybridized carbons (Fsp3) is 0.263. The molecule has 10 heteroatoms. The maximum atomic E-state index is 12.7. The summed E-state index contributed by atoms with van der Waals surface area (Å²) in [7, 11) is -3.67. The second-order valence-electron chi connectivity index (χ2n) is 6.46. The fourth-order valence-corrected chi connectivity index (χ4v) is 4.46. The zero-order valence-electron chi connectivity index (χ0n) is 15.2. The molecule has 29 heavy (non-hydrogen) atoms. The normalized spacial score (nSPS) is 15.7. The van der Waals surface area contributed by atoms with Gasteiger partial charge in [-0.1, -0.05) is 18.2 Å². The Hall–Kier alpha value is -2.72. The Morgan fingerprint density at radius 3 is 2.45 bits per heavy atom. The number of rotatable bonds is 5. The highest BCUT2D eigenvalue weighted by molar-refractivity contribution is 7.89. The summed E-state index contributed by atoms with van der Waals surface area (Å²) >= 11 is 0. The van der Waals surface area contributed by atoms with Crippen LogP contribution >= 0.6 is 0 Å². The third kappa shape index (κ3) is 5.01. The van der Waals surface area contributed by atoms with Gasteiger partial charge in [0.25, 0.3) is 5.91 Å². The number of sulfonamides is 1. The molecule has 1 aliphatic rings. The molecule has 0 saturated carbocycles. The molecule has 0 spiro atoms. The number of nitrogens with zero attached hydrogens (tertiary/aromatic N) is 2. The molecule has 1 fully saturated rings. The molecule has 0 aromatic heterocycles. The number of hydrogen-bond acceptors (Lipinski definition) is 4. The van der Waals surface area contributed by atoms with E-state index in [0.29, 0.717) is 13.1 Å². The van der Waals surface area contributed by atoms with Crippen LogP contribution in [0, 0.1) is 0 Å². The van der Waals surface area contributed by atoms with Crippen molar-refractivity contribution in [3.63, 3.8) is 0 Å². The molecule has 1 heterocycles. The number of benzene rings is 2. The Bertz CT molecular complexity index is 1030. The number of hydrazone groups is 1. The van der Waals surface area contributed by atoms with Gasteiger partial charge >= 0.3 is 6.18 Å². The zero-order chi connectivity index (χ0) is 21.1. The molecular formula is C19H18F3N3O3S. The lowest BCUT2D eigenvalue weighted by Gasteiger charge is -2.15. The predicted octanol–water partition coefficient (Wildman–Crippen LogP) is 3.25. The number of amides is 1. The van der Waals surface area contributed by atoms with Crippen molar-refractivity contribution in [1.29, 1.82) is 0 Å². The van der Waals surface area contributed by atoms with Crippen LogP contribution in [0.2, 0.25) is 0 Å². The summed E-state index contributed by atoms with van der Waals surface area (Å²) in [4.78, 5) is 12.3. The minimum atomic E-state index is -4.48. The van der Waals surface area contributed by atoms with E-state index in [2.05, 4.69) is 10.5 Å². The zero-order valence-corrected chi connectivity index (χ0v) is 16.0. The van der Waals surface area contributed by atoms with Crippen molar-refractivity contribution in [2.45, 2.75) is 23.9 Å². The number of carbonyl (C=O) groups excluding carboxylic acids is 1. The van der Waals surface area contributed by atoms with Gasteiger partial charge in [0, 0.05) is 18.7 Å². The van der Waals surface area contributed by atoms with Crippen LogP contribution in [0.1, 0.15) is 34.3 Å². The maximum Gasteiger partial charge on any atom is 0.416 e. The van der Waals surface area contributed by atoms with Crippen molar-refractivity contribution in [2.24, 2.45) is 5.10 Å². The Kier molecular flexibility index (Phi) is 6.04. The molecule has 154 valence electrons. The Morgan fingerprint density at radius 2 is 1.76 bits per heavy atom. The smallest absolute Gasteiger partial charge is 0.267 e. The van der Waals surface area contributed by atoms with Crippen LogP contribution in [0.3, 0.4) is 0 Å². The van der Waals surface area contributed by atoms with E-state index in [0.717, 1.165) is 31.2 Å². The molecule has 2 aromatic rings. The van der Waals surface area contributed by atoms with Crippen molar-refractivity contribution in [2.75, 3.05) is 13.1 Å². The van der Waals surface area contributed by atoms with Gasteiger partial charge in [0.1, 0.15) is 0 Å². The molecule has 1 N–H and O–H groups in total. The van der Waals surface area contributed by atoms with Crippen molar-refractivity contribution in [3.8, 4) is 0 Å². The first kappa shape index (κ1) is 21.0. The summed E-state index contributed by atoms with van der Waals surface area (Å²) in [6.45, 7) is 0.889. The van der Waals surface area contributed by atoms with Crippen LogP contribution in [0.4, 0.5) is 13.2 Å². The number of hydrogen-bond donors (Lipinski definition) is 1. The molecule has 0 bridgehead atoms. The highest BCUT2D eigenvalue weighted by atomic mass is 32.2. The Balaban J connectivity index is 1.71. The van der Waals surface area contributed by atoms with Crippen LogP contribution < -0.4 is 5.43 Å². The molecule has 0 atom stereocenters. The minimum absolute atomic E-state index is 0.00825. The first-order chi connectivity index (χ1) is 13.7. The van der Waals surface area contributed by atoms with E-state index < -0.39 is 27.7 Å². The van der Waals surface area contributed by atoms with Crippen molar-refractivity contribution < 1.29 is 26.4 Å². The highest BCUT2D eigenvalue weighted by Crippen LogP contribution is 2.29. The summed E-state index contributed by atoms with van der Waals surface area (Å²) < 4.78 is 64.7. The fourth-order valence-electron chi connectivity index (χ4n) is 2.90. The first-order valence-electron chi connectivity index (χ1n) is 8.79. The van der Waals surface area contributed by atoms with E-state index in [-0.39, 0.29) is 16.0 Å². The molecular weight excluding hydrogens is 407 g/mol. The summed E-state index contributed by atoms with van der Waals surface area (Å²) in [5.74, 6) is -0.674. The number of carbonyl (C=O) groups is 1. The summed E-state index contributed by atoms with van der Waals surface area (Å²) in [6.07, 6.45) is -1.81. The largest absolute Gasteiger partial charge is 0.416 e. The topological polar surface area (TPSA) is 78.8 Å². The van der Waals surface area contributed by atoms with Crippen molar-refractivity contribution >= 4 is 22.1 Å². The lowest BCUT2D eigenvalue weighted by atomic mass is 10.1. The Morgan fingerprint density at radius 1 is 1.07 bits per heavy atom. The molecule has 0 unspecified atom stereocenters. The quantitative estimate of drug-likeness (QED) is 0.590. The minimum Gasteiger partial charge on any atom is -0.267 e. The van der Waals surface area contributed by atoms with Gasteiger partial charge in [-0.15, -0.1) is 0 Å². The van der Waals surface area contributed by atoms with Gasteiger partial charge in [-0.05, 0) is 48.7 Å². The van der Waals surface area contributed by atoms with Gasteiger partial charge < -0.3 is 0 Å². The van der Waals surface area contributed by atoms with E-state index in [4.69, 9.17) is 0 Å². The monoisotopic (exact) mass is 425 g/mol. The Labute approximate surface area is 166 Å². The first-order valence-corrected chi connectivity index (χ1v) is 10.2. The number of halogens is 3. The predicted molar refractivity (Wildman–Crippen MR) is 101 cm³/mol. The standard InChI is InChI=1S/C19H18F3N3O3S/c20-19(21,22)16-7-3-5-14(11-16)13-23-24-18(26)15-6-4-8-17(12-15)29(27,28)25-9-1-2-10-25/h3-8,11-13H,1-2,9-10H2,(H,24,26). The third-order valence-electron chi connectivity index (χ3n) is 4.39. The second kappa shape index (κ2) is 8.34. The van der Waals surface area contributed by atoms with Crippen molar-refractivity contribution in [1.82, 2.24) is 9.73 Å². The van der Waals surface area contributed by atoms with Gasteiger partial charge in [-0.25, -0.2) is 13.8 Å². The number of nitrogens with one attached hydrogen (secondary N) is 1. The van der Waals surface area contributed by atoms with E-state index in [1.54, 1.807) is 0 Å². The van der Waals surface area contributed by atoms with E-state index in [1.807, 2.05) is 0 Å². The van der Waals surface area contributed by atoms with E-state index >= 15 is 0 Å². The highest BCUT2D eigenvalue weighted by Gasteiger charge is 2.30. The second-order valence-corrected chi connectivity index (χ2v) is 8.40. The van der Waals surface area contributed by atoms with E-state index in [1.165, 1.54) is 40.7 Å². The SMILES string of the molecule is O=C(NN=Cc1cccc(C(F)(F)F)c1)c1cccc(S(=O)(=O)N2CCCC2)c1.